The number of benzene rings is 1. The number of halogens is 1. The van der Waals surface area contributed by atoms with Gasteiger partial charge in [-0.15, -0.1) is 12.4 Å². The van der Waals surface area contributed by atoms with Crippen molar-refractivity contribution in [2.45, 2.75) is 13.3 Å². The Kier molecular flexibility index (Phi) is 10.8. The van der Waals surface area contributed by atoms with E-state index in [1.165, 1.54) is 0 Å². The van der Waals surface area contributed by atoms with Gasteiger partial charge in [-0.3, -0.25) is 4.79 Å². The normalized spacial score (nSPS) is 9.70. The fourth-order valence-electron chi connectivity index (χ4n) is 1.48. The first kappa shape index (κ1) is 18.7. The minimum Gasteiger partial charge on any atom is -0.491 e. The Morgan fingerprint density at radius 1 is 1.25 bits per heavy atom. The molecule has 1 amide bonds. The molecule has 0 saturated carbocycles. The van der Waals surface area contributed by atoms with Crippen LogP contribution in [0.3, 0.4) is 0 Å². The molecule has 0 atom stereocenters. The molecule has 20 heavy (non-hydrogen) atoms. The zero-order chi connectivity index (χ0) is 13.9. The molecule has 0 aliphatic heterocycles. The summed E-state index contributed by atoms with van der Waals surface area (Å²) in [5, 5.41) is 5.82. The largest absolute Gasteiger partial charge is 0.491 e. The quantitative estimate of drug-likeness (QED) is 0.686. The van der Waals surface area contributed by atoms with Crippen molar-refractivity contribution in [1.82, 2.24) is 5.32 Å². The molecule has 0 bridgehead atoms. The van der Waals surface area contributed by atoms with Crippen LogP contribution in [-0.2, 0) is 9.53 Å². The van der Waals surface area contributed by atoms with Crippen LogP contribution in [0.15, 0.2) is 24.3 Å². The van der Waals surface area contributed by atoms with Crippen molar-refractivity contribution in [3.8, 4) is 5.75 Å². The predicted octanol–water partition coefficient (Wildman–Crippen LogP) is 2.07. The average molecular weight is 303 g/mol. The molecule has 0 aromatic heterocycles. The molecule has 0 aliphatic rings. The Morgan fingerprint density at radius 2 is 2.00 bits per heavy atom. The van der Waals surface area contributed by atoms with E-state index in [0.717, 1.165) is 6.42 Å². The third-order valence-electron chi connectivity index (χ3n) is 2.39. The highest BCUT2D eigenvalue weighted by molar-refractivity contribution is 5.93. The van der Waals surface area contributed by atoms with Gasteiger partial charge in [0.1, 0.15) is 5.75 Å². The van der Waals surface area contributed by atoms with Crippen LogP contribution >= 0.6 is 12.4 Å². The van der Waals surface area contributed by atoms with E-state index >= 15 is 0 Å². The number of rotatable bonds is 9. The molecule has 0 fully saturated rings. The maximum Gasteiger partial charge on any atom is 0.238 e. The van der Waals surface area contributed by atoms with Gasteiger partial charge in [-0.1, -0.05) is 19.1 Å². The van der Waals surface area contributed by atoms with Gasteiger partial charge in [0, 0.05) is 13.7 Å². The number of hydrogen-bond donors (Lipinski definition) is 2. The number of carbonyl (C=O) groups excluding carboxylic acids is 1. The van der Waals surface area contributed by atoms with Crippen LogP contribution in [0.2, 0.25) is 0 Å². The van der Waals surface area contributed by atoms with Crippen LogP contribution in [0.5, 0.6) is 5.75 Å². The highest BCUT2D eigenvalue weighted by atomic mass is 35.5. The van der Waals surface area contributed by atoms with Gasteiger partial charge in [0.05, 0.1) is 25.4 Å². The molecule has 1 aromatic rings. The minimum atomic E-state index is -0.0938. The van der Waals surface area contributed by atoms with Crippen molar-refractivity contribution in [2.75, 3.05) is 38.7 Å². The van der Waals surface area contributed by atoms with Gasteiger partial charge in [0.25, 0.3) is 0 Å². The first-order valence-corrected chi connectivity index (χ1v) is 6.49. The second kappa shape index (κ2) is 11.5. The first-order chi connectivity index (χ1) is 9.27. The van der Waals surface area contributed by atoms with E-state index < -0.39 is 0 Å². The number of para-hydroxylation sites is 2. The Labute approximate surface area is 126 Å². The van der Waals surface area contributed by atoms with Crippen LogP contribution in [0, 0.1) is 0 Å². The topological polar surface area (TPSA) is 59.6 Å². The second-order valence-electron chi connectivity index (χ2n) is 4.06. The summed E-state index contributed by atoms with van der Waals surface area (Å²) in [5.41, 5.74) is 0.703. The predicted molar refractivity (Wildman–Crippen MR) is 82.9 cm³/mol. The lowest BCUT2D eigenvalue weighted by Gasteiger charge is -2.12. The molecule has 5 nitrogen and oxygen atoms in total. The molecule has 0 aliphatic carbocycles. The zero-order valence-electron chi connectivity index (χ0n) is 12.0. The number of methoxy groups -OCH3 is 1. The zero-order valence-corrected chi connectivity index (χ0v) is 12.8. The molecule has 0 radical (unpaired) electrons. The highest BCUT2D eigenvalue weighted by Crippen LogP contribution is 2.23. The number of anilines is 1. The summed E-state index contributed by atoms with van der Waals surface area (Å²) in [7, 11) is 1.63. The molecule has 6 heteroatoms. The standard InChI is InChI=1S/C14H22N2O3.ClH/c1-3-9-19-13-7-5-4-6-12(13)16-14(17)11-15-8-10-18-2;/h4-7,15H,3,8-11H2,1-2H3,(H,16,17);1H. The van der Waals surface area contributed by atoms with Crippen molar-refractivity contribution in [3.63, 3.8) is 0 Å². The molecule has 1 rings (SSSR count). The Balaban J connectivity index is 0.00000361. The number of hydrogen-bond acceptors (Lipinski definition) is 4. The monoisotopic (exact) mass is 302 g/mol. The van der Waals surface area contributed by atoms with Crippen molar-refractivity contribution in [2.24, 2.45) is 0 Å². The summed E-state index contributed by atoms with van der Waals surface area (Å²) in [5.74, 6) is 0.609. The minimum absolute atomic E-state index is 0. The lowest BCUT2D eigenvalue weighted by molar-refractivity contribution is -0.115. The van der Waals surface area contributed by atoms with Crippen LogP contribution in [0.4, 0.5) is 5.69 Å². The average Bonchev–Trinajstić information content (AvgIpc) is 2.43. The van der Waals surface area contributed by atoms with Gasteiger partial charge in [0.15, 0.2) is 0 Å². The summed E-state index contributed by atoms with van der Waals surface area (Å²) in [6.07, 6.45) is 0.931. The van der Waals surface area contributed by atoms with Crippen molar-refractivity contribution in [3.05, 3.63) is 24.3 Å². The van der Waals surface area contributed by atoms with E-state index in [1.807, 2.05) is 31.2 Å². The lowest BCUT2D eigenvalue weighted by Crippen LogP contribution is -2.30. The van der Waals surface area contributed by atoms with Gasteiger partial charge < -0.3 is 20.1 Å². The van der Waals surface area contributed by atoms with Crippen LogP contribution in [0.1, 0.15) is 13.3 Å². The van der Waals surface area contributed by atoms with E-state index in [-0.39, 0.29) is 24.9 Å². The Bertz CT molecular complexity index is 388. The van der Waals surface area contributed by atoms with E-state index in [1.54, 1.807) is 7.11 Å². The summed E-state index contributed by atoms with van der Waals surface area (Å²) >= 11 is 0. The van der Waals surface area contributed by atoms with Crippen LogP contribution in [0.25, 0.3) is 0 Å². The smallest absolute Gasteiger partial charge is 0.238 e. The van der Waals surface area contributed by atoms with Gasteiger partial charge in [0.2, 0.25) is 5.91 Å². The highest BCUT2D eigenvalue weighted by Gasteiger charge is 2.06. The summed E-state index contributed by atoms with van der Waals surface area (Å²) in [4.78, 5) is 11.7. The first-order valence-electron chi connectivity index (χ1n) is 6.49. The number of amides is 1. The lowest BCUT2D eigenvalue weighted by atomic mass is 10.3. The molecule has 0 saturated heterocycles. The fourth-order valence-corrected chi connectivity index (χ4v) is 1.48. The summed E-state index contributed by atoms with van der Waals surface area (Å²) in [6, 6.07) is 7.44. The van der Waals surface area contributed by atoms with Crippen molar-refractivity contribution >= 4 is 24.0 Å². The molecule has 0 spiro atoms. The van der Waals surface area contributed by atoms with E-state index in [0.29, 0.717) is 31.2 Å². The van der Waals surface area contributed by atoms with Gasteiger partial charge >= 0.3 is 0 Å². The molecule has 0 unspecified atom stereocenters. The molecular formula is C14H23ClN2O3. The maximum atomic E-state index is 11.7. The SMILES string of the molecule is CCCOc1ccccc1NC(=O)CNCCOC.Cl. The molecular weight excluding hydrogens is 280 g/mol. The third-order valence-corrected chi connectivity index (χ3v) is 2.39. The molecule has 114 valence electrons. The van der Waals surface area contributed by atoms with Crippen molar-refractivity contribution < 1.29 is 14.3 Å². The molecule has 1 aromatic carbocycles. The third kappa shape index (κ3) is 7.33. The molecule has 2 N–H and O–H groups in total. The number of nitrogens with one attached hydrogen (secondary N) is 2. The Morgan fingerprint density at radius 3 is 2.70 bits per heavy atom. The van der Waals surface area contributed by atoms with E-state index in [9.17, 15) is 4.79 Å². The van der Waals surface area contributed by atoms with E-state index in [4.69, 9.17) is 9.47 Å². The maximum absolute atomic E-state index is 11.7. The van der Waals surface area contributed by atoms with Gasteiger partial charge in [-0.05, 0) is 18.6 Å². The summed E-state index contributed by atoms with van der Waals surface area (Å²) < 4.78 is 10.5. The number of ether oxygens (including phenoxy) is 2. The second-order valence-corrected chi connectivity index (χ2v) is 4.06. The van der Waals surface area contributed by atoms with E-state index in [2.05, 4.69) is 10.6 Å². The van der Waals surface area contributed by atoms with Crippen LogP contribution < -0.4 is 15.4 Å². The summed E-state index contributed by atoms with van der Waals surface area (Å²) in [6.45, 7) is 4.17. The van der Waals surface area contributed by atoms with Gasteiger partial charge in [-0.25, -0.2) is 0 Å². The van der Waals surface area contributed by atoms with Crippen molar-refractivity contribution in [1.29, 1.82) is 0 Å². The fraction of sp³-hybridized carbons (Fsp3) is 0.500. The van der Waals surface area contributed by atoms with Gasteiger partial charge in [-0.2, -0.15) is 0 Å². The Hall–Kier alpha value is -1.30. The molecule has 0 heterocycles. The number of carbonyl (C=O) groups is 1. The van der Waals surface area contributed by atoms with Crippen LogP contribution in [-0.4, -0.2) is 39.3 Å².